The average Bonchev–Trinajstić information content (AvgIpc) is 2.93. The zero-order valence-corrected chi connectivity index (χ0v) is 9.40. The number of hydrazone groups is 1. The molecule has 3 aliphatic rings. The number of aliphatic hydroxyl groups excluding tert-OH is 1. The van der Waals surface area contributed by atoms with Crippen LogP contribution in [0.25, 0.3) is 0 Å². The molecule has 8 nitrogen and oxygen atoms in total. The van der Waals surface area contributed by atoms with E-state index in [2.05, 4.69) is 15.6 Å². The molecule has 4 N–H and O–H groups in total. The van der Waals surface area contributed by atoms with E-state index in [0.29, 0.717) is 11.5 Å². The molecule has 3 rings (SSSR count). The number of nitrogens with zero attached hydrogens (tertiary/aromatic N) is 4. The van der Waals surface area contributed by atoms with Crippen molar-refractivity contribution in [1.29, 1.82) is 0 Å². The van der Waals surface area contributed by atoms with Crippen LogP contribution in [0.3, 0.4) is 0 Å². The maximum absolute atomic E-state index is 13.9. The van der Waals surface area contributed by atoms with E-state index in [4.69, 9.17) is 15.7 Å². The predicted molar refractivity (Wildman–Crippen MR) is 60.3 cm³/mol. The van der Waals surface area contributed by atoms with E-state index in [-0.39, 0.29) is 13.0 Å². The number of fused-ring (bicyclic) bond motifs is 1. The van der Waals surface area contributed by atoms with Crippen LogP contribution in [-0.4, -0.2) is 52.4 Å². The van der Waals surface area contributed by atoms with E-state index in [1.54, 1.807) is 0 Å². The molecular weight excluding hydrogens is 243 g/mol. The number of hydrogen-bond donors (Lipinski definition) is 3. The van der Waals surface area contributed by atoms with Gasteiger partial charge in [-0.1, -0.05) is 0 Å². The molecule has 0 radical (unpaired) electrons. The summed E-state index contributed by atoms with van der Waals surface area (Å²) in [4.78, 5) is 3.91. The smallest absolute Gasteiger partial charge is 0.197 e. The highest BCUT2D eigenvalue weighted by molar-refractivity contribution is 6.05. The third-order valence-corrected chi connectivity index (χ3v) is 2.97. The highest BCUT2D eigenvalue weighted by Crippen LogP contribution is 2.29. The summed E-state index contributed by atoms with van der Waals surface area (Å²) < 4.78 is 19.3. The Balaban J connectivity index is 1.80. The van der Waals surface area contributed by atoms with Gasteiger partial charge in [0.25, 0.3) is 0 Å². The Morgan fingerprint density at radius 3 is 3.22 bits per heavy atom. The van der Waals surface area contributed by atoms with Gasteiger partial charge in [0.15, 0.2) is 12.1 Å². The molecule has 0 saturated carbocycles. The second-order valence-electron chi connectivity index (χ2n) is 4.17. The van der Waals surface area contributed by atoms with Gasteiger partial charge in [0.1, 0.15) is 18.2 Å². The van der Waals surface area contributed by atoms with Crippen molar-refractivity contribution in [2.45, 2.75) is 24.9 Å². The van der Waals surface area contributed by atoms with Crippen molar-refractivity contribution in [3.63, 3.8) is 0 Å². The molecule has 0 aromatic heterocycles. The predicted octanol–water partition coefficient (Wildman–Crippen LogP) is -1.38. The fourth-order valence-corrected chi connectivity index (χ4v) is 2.10. The van der Waals surface area contributed by atoms with Crippen LogP contribution < -0.4 is 11.4 Å². The summed E-state index contributed by atoms with van der Waals surface area (Å²) in [5.41, 5.74) is 3.18. The number of alkyl halides is 1. The van der Waals surface area contributed by atoms with E-state index in [0.717, 1.165) is 0 Å². The minimum Gasteiger partial charge on any atom is -0.394 e. The molecule has 0 aliphatic carbocycles. The number of hydrogen-bond acceptors (Lipinski definition) is 8. The molecule has 18 heavy (non-hydrogen) atoms. The van der Waals surface area contributed by atoms with Crippen molar-refractivity contribution in [1.82, 2.24) is 15.6 Å². The van der Waals surface area contributed by atoms with Crippen molar-refractivity contribution in [3.8, 4) is 0 Å². The van der Waals surface area contributed by atoms with Gasteiger partial charge in [-0.15, -0.1) is 5.10 Å². The lowest BCUT2D eigenvalue weighted by atomic mass is 10.2. The van der Waals surface area contributed by atoms with Crippen LogP contribution >= 0.6 is 0 Å². The number of aliphatic imine (C=N–C) groups is 1. The Morgan fingerprint density at radius 2 is 2.50 bits per heavy atom. The minimum atomic E-state index is -1.22. The normalized spacial score (nSPS) is 34.3. The summed E-state index contributed by atoms with van der Waals surface area (Å²) in [7, 11) is 0. The number of aliphatic hydroxyl groups is 1. The van der Waals surface area contributed by atoms with Gasteiger partial charge in [0.2, 0.25) is 0 Å². The van der Waals surface area contributed by atoms with Crippen molar-refractivity contribution in [2.75, 3.05) is 6.61 Å². The molecule has 9 heteroatoms. The maximum Gasteiger partial charge on any atom is 0.197 e. The van der Waals surface area contributed by atoms with Crippen molar-refractivity contribution >= 4 is 12.2 Å². The zero-order valence-electron chi connectivity index (χ0n) is 9.40. The lowest BCUT2D eigenvalue weighted by Gasteiger charge is -2.28. The number of nitrogens with one attached hydrogen (secondary N) is 1. The van der Waals surface area contributed by atoms with Crippen LogP contribution in [0.15, 0.2) is 22.0 Å². The molecule has 1 saturated heterocycles. The fraction of sp³-hybridized carbons (Fsp3) is 0.556. The Morgan fingerprint density at radius 1 is 1.67 bits per heavy atom. The number of rotatable bonds is 2. The van der Waals surface area contributed by atoms with Gasteiger partial charge in [0.05, 0.1) is 18.9 Å². The first kappa shape index (κ1) is 11.4. The van der Waals surface area contributed by atoms with Crippen LogP contribution in [0.2, 0.25) is 0 Å². The van der Waals surface area contributed by atoms with Gasteiger partial charge in [-0.2, -0.15) is 0 Å². The van der Waals surface area contributed by atoms with Gasteiger partial charge < -0.3 is 9.84 Å². The first-order chi connectivity index (χ1) is 8.70. The SMILES string of the molecule is NN1C=NC=C2C1=NNN2[C@@H]1O[C@H](CO)C[C@@H]1F. The van der Waals surface area contributed by atoms with E-state index in [9.17, 15) is 4.39 Å². The summed E-state index contributed by atoms with van der Waals surface area (Å²) in [5, 5.41) is 15.6. The molecule has 3 heterocycles. The van der Waals surface area contributed by atoms with Crippen LogP contribution in [0.5, 0.6) is 0 Å². The van der Waals surface area contributed by atoms with Crippen LogP contribution in [0.1, 0.15) is 6.42 Å². The average molecular weight is 256 g/mol. The molecule has 0 aromatic rings. The summed E-state index contributed by atoms with van der Waals surface area (Å²) in [6.45, 7) is -0.210. The lowest BCUT2D eigenvalue weighted by molar-refractivity contribution is -0.0836. The molecule has 0 amide bonds. The molecule has 98 valence electrons. The number of amidine groups is 1. The van der Waals surface area contributed by atoms with Gasteiger partial charge in [-0.05, 0) is 0 Å². The van der Waals surface area contributed by atoms with Gasteiger partial charge in [0, 0.05) is 6.42 Å². The summed E-state index contributed by atoms with van der Waals surface area (Å²) in [5.74, 6) is 6.08. The first-order valence-electron chi connectivity index (χ1n) is 5.51. The molecule has 0 aromatic carbocycles. The van der Waals surface area contributed by atoms with Crippen LogP contribution in [0, 0.1) is 0 Å². The summed E-state index contributed by atoms with van der Waals surface area (Å²) in [6.07, 6.45) is 0.491. The molecule has 3 aliphatic heterocycles. The number of ether oxygens (including phenoxy) is 1. The van der Waals surface area contributed by atoms with E-state index in [1.165, 1.54) is 22.6 Å². The quantitative estimate of drug-likeness (QED) is 0.527. The second kappa shape index (κ2) is 4.19. The first-order valence-corrected chi connectivity index (χ1v) is 5.51. The Hall–Kier alpha value is -1.71. The number of hydrazine groups is 2. The largest absolute Gasteiger partial charge is 0.394 e. The van der Waals surface area contributed by atoms with Gasteiger partial charge in [-0.25, -0.2) is 30.8 Å². The van der Waals surface area contributed by atoms with Gasteiger partial charge >= 0.3 is 0 Å². The standard InChI is InChI=1S/C9H13FN6O2/c10-6-1-5(3-17)18-9(6)16-7-2-12-4-15(11)8(7)13-14-16/h2,4-6,9,14,17H,1,3,11H2/t5-,6-,9+/m0/s1. The van der Waals surface area contributed by atoms with Crippen molar-refractivity contribution < 1.29 is 14.2 Å². The highest BCUT2D eigenvalue weighted by atomic mass is 19.1. The molecule has 0 bridgehead atoms. The maximum atomic E-state index is 13.9. The molecule has 3 atom stereocenters. The Bertz CT molecular complexity index is 439. The van der Waals surface area contributed by atoms with Crippen molar-refractivity contribution in [3.05, 3.63) is 11.9 Å². The van der Waals surface area contributed by atoms with E-state index < -0.39 is 18.5 Å². The summed E-state index contributed by atoms with van der Waals surface area (Å²) in [6, 6.07) is 0. The van der Waals surface area contributed by atoms with Crippen LogP contribution in [-0.2, 0) is 4.74 Å². The third kappa shape index (κ3) is 1.64. The lowest BCUT2D eigenvalue weighted by Crippen LogP contribution is -2.46. The van der Waals surface area contributed by atoms with Crippen molar-refractivity contribution in [2.24, 2.45) is 15.9 Å². The third-order valence-electron chi connectivity index (χ3n) is 2.97. The number of halogens is 1. The highest BCUT2D eigenvalue weighted by Gasteiger charge is 2.43. The van der Waals surface area contributed by atoms with Gasteiger partial charge in [-0.3, -0.25) is 0 Å². The topological polar surface area (TPSA) is 98.7 Å². The Labute approximate surface area is 102 Å². The van der Waals surface area contributed by atoms with E-state index >= 15 is 0 Å². The molecule has 0 spiro atoms. The van der Waals surface area contributed by atoms with Crippen LogP contribution in [0.4, 0.5) is 4.39 Å². The second-order valence-corrected chi connectivity index (χ2v) is 4.17. The molecule has 0 unspecified atom stereocenters. The fourth-order valence-electron chi connectivity index (χ4n) is 2.10. The zero-order chi connectivity index (χ0) is 12.7. The minimum absolute atomic E-state index is 0.150. The summed E-state index contributed by atoms with van der Waals surface area (Å²) >= 11 is 0. The number of nitrogens with two attached hydrogens (primary N) is 1. The molecule has 1 fully saturated rings. The Kier molecular flexibility index (Phi) is 2.65. The van der Waals surface area contributed by atoms with E-state index in [1.807, 2.05) is 0 Å². The monoisotopic (exact) mass is 256 g/mol. The molecular formula is C9H13FN6O2.